The number of pyridine rings is 2. The average molecular weight is 496 g/mol. The number of anilines is 1. The maximum atomic E-state index is 12.3. The molecule has 1 aromatic carbocycles. The van der Waals surface area contributed by atoms with E-state index < -0.39 is 6.10 Å². The van der Waals surface area contributed by atoms with Gasteiger partial charge in [0.2, 0.25) is 5.88 Å². The highest BCUT2D eigenvalue weighted by Gasteiger charge is 2.25. The van der Waals surface area contributed by atoms with Crippen LogP contribution in [0, 0.1) is 0 Å². The Hall–Kier alpha value is -3.62. The Morgan fingerprint density at radius 3 is 2.82 bits per heavy atom. The number of aromatic amines is 1. The maximum Gasteiger partial charge on any atom is 0.250 e. The molecule has 0 saturated heterocycles. The Balaban J connectivity index is 1.51. The van der Waals surface area contributed by atoms with Crippen molar-refractivity contribution in [2.75, 3.05) is 18.1 Å². The largest absolute Gasteiger partial charge is 0.486 e. The van der Waals surface area contributed by atoms with Crippen LogP contribution in [0.25, 0.3) is 22.2 Å². The summed E-state index contributed by atoms with van der Waals surface area (Å²) >= 11 is 12.6. The van der Waals surface area contributed by atoms with Crippen molar-refractivity contribution in [3.05, 3.63) is 71.1 Å². The molecule has 0 saturated carbocycles. The molecule has 4 heterocycles. The van der Waals surface area contributed by atoms with Crippen LogP contribution in [-0.2, 0) is 4.79 Å². The number of carbonyl (C=O) groups is 1. The Morgan fingerprint density at radius 2 is 2.06 bits per heavy atom. The summed E-state index contributed by atoms with van der Waals surface area (Å²) in [6.07, 6.45) is 5.61. The summed E-state index contributed by atoms with van der Waals surface area (Å²) in [5, 5.41) is 9.21. The van der Waals surface area contributed by atoms with Crippen molar-refractivity contribution in [1.82, 2.24) is 20.2 Å². The van der Waals surface area contributed by atoms with E-state index in [0.717, 1.165) is 16.5 Å². The molecule has 0 aliphatic carbocycles. The molecule has 3 aromatic heterocycles. The van der Waals surface area contributed by atoms with Crippen LogP contribution in [0.3, 0.4) is 0 Å². The molecule has 172 valence electrons. The standard InChI is InChI=1S/C24H19Cl2N5O3/c1-3-21(32)31-6-7-33-24-20(31)8-14(10-28-24)23-16-9-15(4-5-19(16)29-30-23)34-13(2)22-17(25)11-27-12-18(22)26/h3-5,8-13H,1,6-7H2,2H3,(H,29,30)/t13-/m1/s1. The zero-order valence-corrected chi connectivity index (χ0v) is 19.6. The van der Waals surface area contributed by atoms with Gasteiger partial charge in [0.1, 0.15) is 29.8 Å². The van der Waals surface area contributed by atoms with Gasteiger partial charge >= 0.3 is 0 Å². The minimum absolute atomic E-state index is 0.214. The molecule has 1 atom stereocenters. The van der Waals surface area contributed by atoms with Gasteiger partial charge in [0.25, 0.3) is 5.91 Å². The zero-order valence-electron chi connectivity index (χ0n) is 18.1. The number of halogens is 2. The highest BCUT2D eigenvalue weighted by molar-refractivity contribution is 6.35. The van der Waals surface area contributed by atoms with Gasteiger partial charge in [0.15, 0.2) is 0 Å². The number of H-pyrrole nitrogens is 1. The third-order valence-corrected chi connectivity index (χ3v) is 6.14. The van der Waals surface area contributed by atoms with Gasteiger partial charge in [-0.15, -0.1) is 0 Å². The van der Waals surface area contributed by atoms with Gasteiger partial charge in [-0.1, -0.05) is 29.8 Å². The molecule has 0 unspecified atom stereocenters. The van der Waals surface area contributed by atoms with Crippen molar-refractivity contribution in [1.29, 1.82) is 0 Å². The Labute approximate surface area is 205 Å². The first-order valence-electron chi connectivity index (χ1n) is 10.5. The number of amides is 1. The van der Waals surface area contributed by atoms with Crippen LogP contribution in [0.4, 0.5) is 5.69 Å². The minimum Gasteiger partial charge on any atom is -0.486 e. The summed E-state index contributed by atoms with van der Waals surface area (Å²) in [6, 6.07) is 7.45. The molecule has 1 aliphatic heterocycles. The molecule has 4 aromatic rings. The van der Waals surface area contributed by atoms with Gasteiger partial charge in [-0.05, 0) is 37.3 Å². The molecule has 0 fully saturated rings. The van der Waals surface area contributed by atoms with Crippen LogP contribution >= 0.6 is 23.2 Å². The number of nitrogens with zero attached hydrogens (tertiary/aromatic N) is 4. The van der Waals surface area contributed by atoms with E-state index in [0.29, 0.717) is 51.8 Å². The van der Waals surface area contributed by atoms with E-state index in [4.69, 9.17) is 32.7 Å². The lowest BCUT2D eigenvalue weighted by atomic mass is 10.1. The summed E-state index contributed by atoms with van der Waals surface area (Å²) in [5.41, 5.74) is 3.45. The Bertz CT molecular complexity index is 1400. The van der Waals surface area contributed by atoms with Crippen LogP contribution < -0.4 is 14.4 Å². The van der Waals surface area contributed by atoms with Gasteiger partial charge in [-0.2, -0.15) is 5.10 Å². The molecule has 1 aliphatic rings. The second-order valence-electron chi connectivity index (χ2n) is 7.65. The number of ether oxygens (including phenoxy) is 2. The number of hydrogen-bond donors (Lipinski definition) is 1. The molecular formula is C24H19Cl2N5O3. The first-order chi connectivity index (χ1) is 16.5. The fourth-order valence-corrected chi connectivity index (χ4v) is 4.60. The van der Waals surface area contributed by atoms with E-state index in [-0.39, 0.29) is 5.91 Å². The Kier molecular flexibility index (Phi) is 5.85. The summed E-state index contributed by atoms with van der Waals surface area (Å²) in [7, 11) is 0. The second kappa shape index (κ2) is 8.96. The third kappa shape index (κ3) is 3.95. The van der Waals surface area contributed by atoms with Crippen LogP contribution in [0.1, 0.15) is 18.6 Å². The summed E-state index contributed by atoms with van der Waals surface area (Å²) in [5.74, 6) is 0.798. The van der Waals surface area contributed by atoms with Crippen LogP contribution in [0.2, 0.25) is 10.0 Å². The molecule has 0 bridgehead atoms. The van der Waals surface area contributed by atoms with E-state index in [1.54, 1.807) is 11.1 Å². The number of nitrogens with one attached hydrogen (secondary N) is 1. The number of fused-ring (bicyclic) bond motifs is 2. The fraction of sp³-hybridized carbons (Fsp3) is 0.167. The van der Waals surface area contributed by atoms with Crippen molar-refractivity contribution in [2.24, 2.45) is 0 Å². The molecule has 8 nitrogen and oxygen atoms in total. The van der Waals surface area contributed by atoms with Crippen LogP contribution in [0.5, 0.6) is 11.6 Å². The van der Waals surface area contributed by atoms with E-state index in [9.17, 15) is 4.79 Å². The minimum atomic E-state index is -0.406. The van der Waals surface area contributed by atoms with Crippen molar-refractivity contribution < 1.29 is 14.3 Å². The van der Waals surface area contributed by atoms with E-state index in [2.05, 4.69) is 26.7 Å². The lowest BCUT2D eigenvalue weighted by Crippen LogP contribution is -2.37. The summed E-state index contributed by atoms with van der Waals surface area (Å²) < 4.78 is 11.8. The van der Waals surface area contributed by atoms with Gasteiger partial charge in [0, 0.05) is 35.1 Å². The quantitative estimate of drug-likeness (QED) is 0.373. The molecule has 0 radical (unpaired) electrons. The van der Waals surface area contributed by atoms with Crippen LogP contribution in [-0.4, -0.2) is 39.2 Å². The van der Waals surface area contributed by atoms with Crippen LogP contribution in [0.15, 0.2) is 55.5 Å². The molecule has 34 heavy (non-hydrogen) atoms. The zero-order chi connectivity index (χ0) is 23.8. The van der Waals surface area contributed by atoms with Gasteiger partial charge < -0.3 is 14.4 Å². The first-order valence-corrected chi connectivity index (χ1v) is 11.2. The average Bonchev–Trinajstić information content (AvgIpc) is 3.26. The highest BCUT2D eigenvalue weighted by Crippen LogP contribution is 2.37. The maximum absolute atomic E-state index is 12.3. The predicted molar refractivity (Wildman–Crippen MR) is 131 cm³/mol. The third-order valence-electron chi connectivity index (χ3n) is 5.53. The Morgan fingerprint density at radius 1 is 1.26 bits per heavy atom. The van der Waals surface area contributed by atoms with E-state index in [1.807, 2.05) is 31.2 Å². The normalized spacial score (nSPS) is 13.8. The van der Waals surface area contributed by atoms with E-state index >= 15 is 0 Å². The van der Waals surface area contributed by atoms with E-state index in [1.165, 1.54) is 18.5 Å². The van der Waals surface area contributed by atoms with Crippen molar-refractivity contribution in [3.63, 3.8) is 0 Å². The SMILES string of the molecule is C=CC(=O)N1CCOc2ncc(-c3n[nH]c4ccc(O[C@H](C)c5c(Cl)cncc5Cl)cc34)cc21. The molecule has 1 amide bonds. The summed E-state index contributed by atoms with van der Waals surface area (Å²) in [4.78, 5) is 22.3. The van der Waals surface area contributed by atoms with Gasteiger partial charge in [-0.25, -0.2) is 4.98 Å². The number of rotatable bonds is 5. The van der Waals surface area contributed by atoms with Crippen molar-refractivity contribution in [2.45, 2.75) is 13.0 Å². The summed E-state index contributed by atoms with van der Waals surface area (Å²) in [6.45, 7) is 6.24. The highest BCUT2D eigenvalue weighted by atomic mass is 35.5. The molecule has 5 rings (SSSR count). The second-order valence-corrected chi connectivity index (χ2v) is 8.46. The lowest BCUT2D eigenvalue weighted by Gasteiger charge is -2.28. The monoisotopic (exact) mass is 495 g/mol. The van der Waals surface area contributed by atoms with Crippen molar-refractivity contribution >= 4 is 45.7 Å². The molecule has 0 spiro atoms. The molecule has 1 N–H and O–H groups in total. The number of hydrogen-bond acceptors (Lipinski definition) is 6. The van der Waals surface area contributed by atoms with Gasteiger partial charge in [-0.3, -0.25) is 14.9 Å². The van der Waals surface area contributed by atoms with Gasteiger partial charge in [0.05, 0.1) is 22.1 Å². The molecule has 10 heteroatoms. The van der Waals surface area contributed by atoms with Crippen molar-refractivity contribution in [3.8, 4) is 22.9 Å². The predicted octanol–water partition coefficient (Wildman–Crippen LogP) is 5.38. The number of carbonyl (C=O) groups excluding carboxylic acids is 1. The number of benzene rings is 1. The first kappa shape index (κ1) is 22.2. The topological polar surface area (TPSA) is 93.2 Å². The fourth-order valence-electron chi connectivity index (χ4n) is 3.93. The lowest BCUT2D eigenvalue weighted by molar-refractivity contribution is -0.114. The number of aromatic nitrogens is 4. The molecular weight excluding hydrogens is 477 g/mol. The smallest absolute Gasteiger partial charge is 0.250 e.